The molecule has 7 heteroatoms. The van der Waals surface area contributed by atoms with Gasteiger partial charge in [-0.1, -0.05) is 18.2 Å². The maximum Gasteiger partial charge on any atom is 0.416 e. The van der Waals surface area contributed by atoms with Crippen molar-refractivity contribution in [2.75, 3.05) is 6.54 Å². The fourth-order valence-electron chi connectivity index (χ4n) is 1.72. The molecule has 1 aromatic rings. The summed E-state index contributed by atoms with van der Waals surface area (Å²) in [7, 11) is 0. The summed E-state index contributed by atoms with van der Waals surface area (Å²) in [5, 5.41) is 2.25. The van der Waals surface area contributed by atoms with Crippen LogP contribution in [0.1, 0.15) is 11.1 Å². The van der Waals surface area contributed by atoms with Crippen LogP contribution in [0.15, 0.2) is 24.3 Å². The highest BCUT2D eigenvalue weighted by Gasteiger charge is 2.35. The van der Waals surface area contributed by atoms with E-state index in [2.05, 4.69) is 5.32 Å². The zero-order valence-corrected chi connectivity index (χ0v) is 9.12. The standard InChI is InChI=1S/C11H9F3N2O2/c12-11(13,14)8-4-2-1-3-7(8)6-16-9(17)5-15-10(16)18/h1-4H,5-6H2,(H,15,18). The number of amides is 3. The molecule has 0 bridgehead atoms. The lowest BCUT2D eigenvalue weighted by Crippen LogP contribution is -2.31. The molecule has 96 valence electrons. The smallest absolute Gasteiger partial charge is 0.329 e. The summed E-state index contributed by atoms with van der Waals surface area (Å²) in [4.78, 5) is 23.3. The second-order valence-corrected chi connectivity index (χ2v) is 3.79. The van der Waals surface area contributed by atoms with Crippen LogP contribution in [0.25, 0.3) is 0 Å². The van der Waals surface area contributed by atoms with E-state index in [9.17, 15) is 22.8 Å². The van der Waals surface area contributed by atoms with Gasteiger partial charge in [-0.25, -0.2) is 4.79 Å². The molecule has 4 nitrogen and oxygen atoms in total. The Morgan fingerprint density at radius 1 is 1.22 bits per heavy atom. The SMILES string of the molecule is O=C1CNC(=O)N1Cc1ccccc1C(F)(F)F. The molecule has 0 aliphatic carbocycles. The normalized spacial score (nSPS) is 16.1. The van der Waals surface area contributed by atoms with Gasteiger partial charge in [0.2, 0.25) is 5.91 Å². The van der Waals surface area contributed by atoms with Crippen molar-refractivity contribution in [3.8, 4) is 0 Å². The van der Waals surface area contributed by atoms with Crippen LogP contribution in [0.3, 0.4) is 0 Å². The Labute approximate surface area is 100 Å². The molecule has 2 rings (SSSR count). The van der Waals surface area contributed by atoms with Gasteiger partial charge < -0.3 is 5.32 Å². The first-order valence-corrected chi connectivity index (χ1v) is 5.13. The Morgan fingerprint density at radius 2 is 1.89 bits per heavy atom. The first kappa shape index (κ1) is 12.4. The molecule has 1 heterocycles. The molecule has 1 N–H and O–H groups in total. The van der Waals surface area contributed by atoms with E-state index in [1.165, 1.54) is 18.2 Å². The second kappa shape index (κ2) is 4.32. The lowest BCUT2D eigenvalue weighted by molar-refractivity contribution is -0.139. The number of benzene rings is 1. The van der Waals surface area contributed by atoms with Gasteiger partial charge in [-0.15, -0.1) is 0 Å². The van der Waals surface area contributed by atoms with Crippen LogP contribution in [0, 0.1) is 0 Å². The van der Waals surface area contributed by atoms with Crippen LogP contribution in [0.5, 0.6) is 0 Å². The zero-order valence-electron chi connectivity index (χ0n) is 9.12. The predicted octanol–water partition coefficient (Wildman–Crippen LogP) is 1.76. The summed E-state index contributed by atoms with van der Waals surface area (Å²) >= 11 is 0. The first-order valence-electron chi connectivity index (χ1n) is 5.13. The molecule has 0 atom stereocenters. The number of hydrogen-bond donors (Lipinski definition) is 1. The van der Waals surface area contributed by atoms with Crippen LogP contribution < -0.4 is 5.32 Å². The molecule has 0 saturated carbocycles. The molecule has 18 heavy (non-hydrogen) atoms. The molecule has 1 aliphatic rings. The molecule has 1 saturated heterocycles. The van der Waals surface area contributed by atoms with Crippen molar-refractivity contribution in [1.82, 2.24) is 10.2 Å². The number of carbonyl (C=O) groups is 2. The Hall–Kier alpha value is -2.05. The van der Waals surface area contributed by atoms with E-state index in [0.717, 1.165) is 11.0 Å². The number of hydrogen-bond acceptors (Lipinski definition) is 2. The van der Waals surface area contributed by atoms with Crippen molar-refractivity contribution < 1.29 is 22.8 Å². The molecule has 3 amide bonds. The van der Waals surface area contributed by atoms with Gasteiger partial charge in [0.1, 0.15) is 0 Å². The number of carbonyl (C=O) groups excluding carboxylic acids is 2. The summed E-state index contributed by atoms with van der Waals surface area (Å²) in [6.45, 7) is -0.548. The van der Waals surface area contributed by atoms with E-state index >= 15 is 0 Å². The molecular formula is C11H9F3N2O2. The number of nitrogens with one attached hydrogen (secondary N) is 1. The van der Waals surface area contributed by atoms with Gasteiger partial charge in [0.25, 0.3) is 0 Å². The van der Waals surface area contributed by atoms with Crippen molar-refractivity contribution in [2.24, 2.45) is 0 Å². The Bertz CT molecular complexity index is 483. The minimum absolute atomic E-state index is 0.101. The van der Waals surface area contributed by atoms with Crippen molar-refractivity contribution in [3.63, 3.8) is 0 Å². The molecule has 1 aliphatic heterocycles. The van der Waals surface area contributed by atoms with E-state index in [1.54, 1.807) is 0 Å². The monoisotopic (exact) mass is 258 g/mol. The lowest BCUT2D eigenvalue weighted by atomic mass is 10.1. The van der Waals surface area contributed by atoms with E-state index in [0.29, 0.717) is 0 Å². The van der Waals surface area contributed by atoms with Crippen LogP contribution >= 0.6 is 0 Å². The Balaban J connectivity index is 2.30. The van der Waals surface area contributed by atoms with Gasteiger partial charge in [-0.3, -0.25) is 9.69 Å². The van der Waals surface area contributed by atoms with E-state index < -0.39 is 23.7 Å². The zero-order chi connectivity index (χ0) is 13.3. The largest absolute Gasteiger partial charge is 0.416 e. The number of urea groups is 1. The third kappa shape index (κ3) is 2.29. The highest BCUT2D eigenvalue weighted by atomic mass is 19.4. The summed E-state index contributed by atoms with van der Waals surface area (Å²) in [6.07, 6.45) is -4.50. The lowest BCUT2D eigenvalue weighted by Gasteiger charge is -2.17. The second-order valence-electron chi connectivity index (χ2n) is 3.79. The molecule has 0 aromatic heterocycles. The van der Waals surface area contributed by atoms with Crippen LogP contribution in [-0.2, 0) is 17.5 Å². The minimum atomic E-state index is -4.50. The molecule has 1 aromatic carbocycles. The molecule has 1 fully saturated rings. The van der Waals surface area contributed by atoms with E-state index in [4.69, 9.17) is 0 Å². The average molecular weight is 258 g/mol. The summed E-state index contributed by atoms with van der Waals surface area (Å²) in [5.74, 6) is -0.531. The summed E-state index contributed by atoms with van der Waals surface area (Å²) < 4.78 is 38.1. The minimum Gasteiger partial charge on any atom is -0.329 e. The highest BCUT2D eigenvalue weighted by molar-refractivity contribution is 6.01. The number of imide groups is 1. The Kier molecular flexibility index (Phi) is 2.98. The quantitative estimate of drug-likeness (QED) is 0.822. The predicted molar refractivity (Wildman–Crippen MR) is 55.4 cm³/mol. The maximum atomic E-state index is 12.7. The van der Waals surface area contributed by atoms with Crippen LogP contribution in [0.2, 0.25) is 0 Å². The third-order valence-corrected chi connectivity index (χ3v) is 2.59. The molecular weight excluding hydrogens is 249 g/mol. The number of rotatable bonds is 2. The van der Waals surface area contributed by atoms with Gasteiger partial charge in [0, 0.05) is 0 Å². The summed E-state index contributed by atoms with van der Waals surface area (Å²) in [5.41, 5.74) is -0.937. The Morgan fingerprint density at radius 3 is 2.44 bits per heavy atom. The fraction of sp³-hybridized carbons (Fsp3) is 0.273. The van der Waals surface area contributed by atoms with Gasteiger partial charge in [0.15, 0.2) is 0 Å². The first-order chi connectivity index (χ1) is 8.39. The van der Waals surface area contributed by atoms with Gasteiger partial charge >= 0.3 is 12.2 Å². The number of nitrogens with zero attached hydrogens (tertiary/aromatic N) is 1. The van der Waals surface area contributed by atoms with Crippen LogP contribution in [-0.4, -0.2) is 23.4 Å². The van der Waals surface area contributed by atoms with Gasteiger partial charge in [-0.05, 0) is 11.6 Å². The van der Waals surface area contributed by atoms with Crippen molar-refractivity contribution in [2.45, 2.75) is 12.7 Å². The number of alkyl halides is 3. The average Bonchev–Trinajstić information content (AvgIpc) is 2.60. The maximum absolute atomic E-state index is 12.7. The fourth-order valence-corrected chi connectivity index (χ4v) is 1.72. The topological polar surface area (TPSA) is 49.4 Å². The van der Waals surface area contributed by atoms with Crippen molar-refractivity contribution >= 4 is 11.9 Å². The molecule has 0 unspecified atom stereocenters. The van der Waals surface area contributed by atoms with Crippen molar-refractivity contribution in [3.05, 3.63) is 35.4 Å². The van der Waals surface area contributed by atoms with E-state index in [1.807, 2.05) is 0 Å². The van der Waals surface area contributed by atoms with E-state index in [-0.39, 0.29) is 18.7 Å². The summed E-state index contributed by atoms with van der Waals surface area (Å²) in [6, 6.07) is 4.20. The third-order valence-electron chi connectivity index (χ3n) is 2.59. The molecule has 0 radical (unpaired) electrons. The van der Waals surface area contributed by atoms with Crippen LogP contribution in [0.4, 0.5) is 18.0 Å². The van der Waals surface area contributed by atoms with Crippen molar-refractivity contribution in [1.29, 1.82) is 0 Å². The van der Waals surface area contributed by atoms with Gasteiger partial charge in [-0.2, -0.15) is 13.2 Å². The van der Waals surface area contributed by atoms with Gasteiger partial charge in [0.05, 0.1) is 18.7 Å². The highest BCUT2D eigenvalue weighted by Crippen LogP contribution is 2.32. The number of halogens is 3. The molecule has 0 spiro atoms.